The van der Waals surface area contributed by atoms with Gasteiger partial charge in [-0.3, -0.25) is 4.79 Å². The molecule has 128 valence electrons. The van der Waals surface area contributed by atoms with E-state index in [0.29, 0.717) is 37.3 Å². The summed E-state index contributed by atoms with van der Waals surface area (Å²) in [6.45, 7) is 0.430. The van der Waals surface area contributed by atoms with Gasteiger partial charge in [0.15, 0.2) is 9.84 Å². The SMILES string of the molecule is COc1cc(CCC(=O)NC[C@H]2CCS(=O)(=O)C2)cc(OC)c1. The summed E-state index contributed by atoms with van der Waals surface area (Å²) in [6, 6.07) is 5.53. The molecule has 23 heavy (non-hydrogen) atoms. The van der Waals surface area contributed by atoms with Crippen LogP contribution in [0.2, 0.25) is 0 Å². The van der Waals surface area contributed by atoms with Gasteiger partial charge in [0.2, 0.25) is 5.91 Å². The lowest BCUT2D eigenvalue weighted by atomic mass is 10.1. The number of sulfone groups is 1. The lowest BCUT2D eigenvalue weighted by Crippen LogP contribution is -2.29. The smallest absolute Gasteiger partial charge is 0.220 e. The van der Waals surface area contributed by atoms with E-state index in [1.54, 1.807) is 20.3 Å². The normalized spacial score (nSPS) is 19.3. The highest BCUT2D eigenvalue weighted by molar-refractivity contribution is 7.91. The van der Waals surface area contributed by atoms with E-state index in [-0.39, 0.29) is 23.3 Å². The zero-order chi connectivity index (χ0) is 16.9. The monoisotopic (exact) mass is 341 g/mol. The van der Waals surface area contributed by atoms with Gasteiger partial charge in [-0.15, -0.1) is 0 Å². The Bertz CT molecular complexity index is 634. The summed E-state index contributed by atoms with van der Waals surface area (Å²) in [6.07, 6.45) is 1.55. The lowest BCUT2D eigenvalue weighted by Gasteiger charge is -2.11. The van der Waals surface area contributed by atoms with Gasteiger partial charge >= 0.3 is 0 Å². The van der Waals surface area contributed by atoms with Gasteiger partial charge in [-0.25, -0.2) is 8.42 Å². The van der Waals surface area contributed by atoms with Crippen LogP contribution in [0, 0.1) is 5.92 Å². The highest BCUT2D eigenvalue weighted by Gasteiger charge is 2.27. The maximum absolute atomic E-state index is 11.9. The first-order valence-electron chi connectivity index (χ1n) is 7.61. The van der Waals surface area contributed by atoms with Gasteiger partial charge in [0.25, 0.3) is 0 Å². The highest BCUT2D eigenvalue weighted by atomic mass is 32.2. The molecule has 0 bridgehead atoms. The number of hydrogen-bond donors (Lipinski definition) is 1. The third-order valence-corrected chi connectivity index (χ3v) is 5.80. The van der Waals surface area contributed by atoms with E-state index in [2.05, 4.69) is 5.32 Å². The molecule has 1 amide bonds. The first kappa shape index (κ1) is 17.6. The Morgan fingerprint density at radius 2 is 1.87 bits per heavy atom. The van der Waals surface area contributed by atoms with Gasteiger partial charge < -0.3 is 14.8 Å². The molecule has 0 aromatic heterocycles. The molecule has 7 heteroatoms. The Morgan fingerprint density at radius 3 is 2.39 bits per heavy atom. The van der Waals surface area contributed by atoms with E-state index in [0.717, 1.165) is 5.56 Å². The quantitative estimate of drug-likeness (QED) is 0.805. The molecule has 0 spiro atoms. The number of amides is 1. The summed E-state index contributed by atoms with van der Waals surface area (Å²) in [5.74, 6) is 1.76. The van der Waals surface area contributed by atoms with Gasteiger partial charge in [-0.2, -0.15) is 0 Å². The maximum Gasteiger partial charge on any atom is 0.220 e. The molecule has 6 nitrogen and oxygen atoms in total. The van der Waals surface area contributed by atoms with Crippen molar-refractivity contribution in [3.63, 3.8) is 0 Å². The average Bonchev–Trinajstić information content (AvgIpc) is 2.89. The molecular formula is C16H23NO5S. The van der Waals surface area contributed by atoms with E-state index in [1.165, 1.54) is 0 Å². The minimum Gasteiger partial charge on any atom is -0.497 e. The van der Waals surface area contributed by atoms with Crippen molar-refractivity contribution in [3.05, 3.63) is 23.8 Å². The van der Waals surface area contributed by atoms with Crippen LogP contribution in [0.4, 0.5) is 0 Å². The van der Waals surface area contributed by atoms with Gasteiger partial charge in [-0.05, 0) is 36.5 Å². The summed E-state index contributed by atoms with van der Waals surface area (Å²) in [5.41, 5.74) is 0.958. The molecule has 1 fully saturated rings. The second-order valence-electron chi connectivity index (χ2n) is 5.79. The van der Waals surface area contributed by atoms with Crippen LogP contribution in [0.15, 0.2) is 18.2 Å². The predicted octanol–water partition coefficient (Wildman–Crippen LogP) is 1.19. The Labute approximate surface area is 137 Å². The largest absolute Gasteiger partial charge is 0.497 e. The standard InChI is InChI=1S/C16H23NO5S/c1-21-14-7-12(8-15(9-14)22-2)3-4-16(18)17-10-13-5-6-23(19,20)11-13/h7-9,13H,3-6,10-11H2,1-2H3,(H,17,18)/t13-/m1/s1. The van der Waals surface area contributed by atoms with Crippen LogP contribution in [0.5, 0.6) is 11.5 Å². The van der Waals surface area contributed by atoms with E-state index in [1.807, 2.05) is 12.1 Å². The molecule has 0 saturated carbocycles. The van der Waals surface area contributed by atoms with Crippen molar-refractivity contribution in [2.75, 3.05) is 32.3 Å². The third-order valence-electron chi connectivity index (χ3n) is 3.97. The van der Waals surface area contributed by atoms with E-state index < -0.39 is 9.84 Å². The van der Waals surface area contributed by atoms with Crippen LogP contribution >= 0.6 is 0 Å². The lowest BCUT2D eigenvalue weighted by molar-refractivity contribution is -0.121. The second kappa shape index (κ2) is 7.68. The molecule has 1 saturated heterocycles. The molecule has 1 aliphatic heterocycles. The summed E-state index contributed by atoms with van der Waals surface area (Å²) < 4.78 is 33.2. The molecule has 1 aromatic carbocycles. The van der Waals surface area contributed by atoms with Crippen molar-refractivity contribution in [3.8, 4) is 11.5 Å². The Morgan fingerprint density at radius 1 is 1.22 bits per heavy atom. The predicted molar refractivity (Wildman–Crippen MR) is 87.6 cm³/mol. The van der Waals surface area contributed by atoms with Gasteiger partial charge in [0.05, 0.1) is 25.7 Å². The number of methoxy groups -OCH3 is 2. The minimum absolute atomic E-state index is 0.0425. The van der Waals surface area contributed by atoms with Gasteiger partial charge in [0.1, 0.15) is 11.5 Å². The second-order valence-corrected chi connectivity index (χ2v) is 8.02. The highest BCUT2D eigenvalue weighted by Crippen LogP contribution is 2.23. The van der Waals surface area contributed by atoms with E-state index >= 15 is 0 Å². The molecular weight excluding hydrogens is 318 g/mol. The van der Waals surface area contributed by atoms with E-state index in [9.17, 15) is 13.2 Å². The fraction of sp³-hybridized carbons (Fsp3) is 0.562. The van der Waals surface area contributed by atoms with Crippen molar-refractivity contribution in [1.29, 1.82) is 0 Å². The first-order valence-corrected chi connectivity index (χ1v) is 9.43. The van der Waals surface area contributed by atoms with Crippen molar-refractivity contribution < 1.29 is 22.7 Å². The third kappa shape index (κ3) is 5.42. The van der Waals surface area contributed by atoms with Crippen molar-refractivity contribution in [1.82, 2.24) is 5.32 Å². The Hall–Kier alpha value is -1.76. The average molecular weight is 341 g/mol. The molecule has 1 N–H and O–H groups in total. The molecule has 1 aliphatic rings. The topological polar surface area (TPSA) is 81.7 Å². The summed E-state index contributed by atoms with van der Waals surface area (Å²) in [4.78, 5) is 11.9. The molecule has 1 heterocycles. The summed E-state index contributed by atoms with van der Waals surface area (Å²) in [5, 5.41) is 2.82. The summed E-state index contributed by atoms with van der Waals surface area (Å²) in [7, 11) is 0.275. The van der Waals surface area contributed by atoms with Crippen LogP contribution in [0.1, 0.15) is 18.4 Å². The molecule has 2 rings (SSSR count). The Balaban J connectivity index is 1.80. The van der Waals surface area contributed by atoms with Gasteiger partial charge in [-0.1, -0.05) is 0 Å². The van der Waals surface area contributed by atoms with Crippen LogP contribution in [0.3, 0.4) is 0 Å². The van der Waals surface area contributed by atoms with Crippen LogP contribution in [0.25, 0.3) is 0 Å². The maximum atomic E-state index is 11.9. The zero-order valence-corrected chi connectivity index (χ0v) is 14.3. The minimum atomic E-state index is -2.89. The first-order chi connectivity index (χ1) is 10.9. The number of carbonyl (C=O) groups excluding carboxylic acids is 1. The fourth-order valence-electron chi connectivity index (χ4n) is 2.65. The molecule has 1 aromatic rings. The van der Waals surface area contributed by atoms with Crippen molar-refractivity contribution in [2.24, 2.45) is 5.92 Å². The number of hydrogen-bond acceptors (Lipinski definition) is 5. The number of benzene rings is 1. The number of aryl methyl sites for hydroxylation is 1. The number of ether oxygens (including phenoxy) is 2. The van der Waals surface area contributed by atoms with Crippen LogP contribution in [-0.4, -0.2) is 46.6 Å². The van der Waals surface area contributed by atoms with Crippen LogP contribution < -0.4 is 14.8 Å². The number of carbonyl (C=O) groups is 1. The molecule has 0 unspecified atom stereocenters. The molecule has 0 radical (unpaired) electrons. The van der Waals surface area contributed by atoms with Crippen LogP contribution in [-0.2, 0) is 21.1 Å². The van der Waals surface area contributed by atoms with E-state index in [4.69, 9.17) is 9.47 Å². The Kier molecular flexibility index (Phi) is 5.87. The molecule has 1 atom stereocenters. The number of nitrogens with one attached hydrogen (secondary N) is 1. The zero-order valence-electron chi connectivity index (χ0n) is 13.5. The fourth-order valence-corrected chi connectivity index (χ4v) is 4.51. The van der Waals surface area contributed by atoms with Gasteiger partial charge in [0, 0.05) is 19.0 Å². The summed E-state index contributed by atoms with van der Waals surface area (Å²) >= 11 is 0. The van der Waals surface area contributed by atoms with Crippen molar-refractivity contribution >= 4 is 15.7 Å². The molecule has 0 aliphatic carbocycles. The number of rotatable bonds is 7. The van der Waals surface area contributed by atoms with Crippen molar-refractivity contribution in [2.45, 2.75) is 19.3 Å².